The Kier molecular flexibility index (Phi) is 7.35. The lowest BCUT2D eigenvalue weighted by Crippen LogP contribution is -2.56. The molecule has 0 aliphatic carbocycles. The first-order valence-corrected chi connectivity index (χ1v) is 12.5. The summed E-state index contributed by atoms with van der Waals surface area (Å²) in [7, 11) is 0. The third-order valence-corrected chi connectivity index (χ3v) is 6.91. The van der Waals surface area contributed by atoms with Gasteiger partial charge in [0.15, 0.2) is 0 Å². The largest absolute Gasteiger partial charge is 0.480 e. The van der Waals surface area contributed by atoms with Gasteiger partial charge < -0.3 is 15.2 Å². The van der Waals surface area contributed by atoms with Crippen LogP contribution in [0.4, 0.5) is 4.79 Å². The summed E-state index contributed by atoms with van der Waals surface area (Å²) < 4.78 is 5.55. The molecule has 0 spiro atoms. The molecule has 7 heteroatoms. The highest BCUT2D eigenvalue weighted by molar-refractivity contribution is 5.91. The van der Waals surface area contributed by atoms with Crippen LogP contribution in [0.25, 0.3) is 10.8 Å². The second-order valence-electron chi connectivity index (χ2n) is 9.40. The Hall–Kier alpha value is -4.65. The van der Waals surface area contributed by atoms with E-state index in [0.717, 1.165) is 33.0 Å². The first-order valence-electron chi connectivity index (χ1n) is 12.5. The summed E-state index contributed by atoms with van der Waals surface area (Å²) in [6.07, 6.45) is -0.239. The first kappa shape index (κ1) is 25.0. The Morgan fingerprint density at radius 2 is 1.55 bits per heavy atom. The molecule has 0 saturated heterocycles. The van der Waals surface area contributed by atoms with Crippen molar-refractivity contribution in [2.24, 2.45) is 0 Å². The number of ether oxygens (including phenoxy) is 1. The number of carboxylic acid groups (broad SMARTS) is 1. The fourth-order valence-corrected chi connectivity index (χ4v) is 4.91. The number of carbonyl (C=O) groups is 3. The summed E-state index contributed by atoms with van der Waals surface area (Å²) in [4.78, 5) is 40.3. The molecule has 0 radical (unpaired) electrons. The van der Waals surface area contributed by atoms with Crippen LogP contribution in [-0.4, -0.2) is 40.1 Å². The summed E-state index contributed by atoms with van der Waals surface area (Å²) in [5.74, 6) is -1.66. The van der Waals surface area contributed by atoms with Crippen molar-refractivity contribution in [1.82, 2.24) is 10.2 Å². The molecule has 1 heterocycles. The van der Waals surface area contributed by atoms with Gasteiger partial charge in [0.25, 0.3) is 0 Å². The van der Waals surface area contributed by atoms with Gasteiger partial charge in [0.1, 0.15) is 18.7 Å². The van der Waals surface area contributed by atoms with E-state index < -0.39 is 30.1 Å². The molecule has 7 nitrogen and oxygen atoms in total. The lowest BCUT2D eigenvalue weighted by atomic mass is 9.93. The van der Waals surface area contributed by atoms with Crippen molar-refractivity contribution >= 4 is 28.7 Å². The average molecular weight is 509 g/mol. The van der Waals surface area contributed by atoms with Crippen molar-refractivity contribution in [3.63, 3.8) is 0 Å². The minimum atomic E-state index is -1.16. The van der Waals surface area contributed by atoms with Crippen molar-refractivity contribution in [2.45, 2.75) is 38.1 Å². The molecule has 0 fully saturated rings. The van der Waals surface area contributed by atoms with Crippen molar-refractivity contribution < 1.29 is 24.2 Å². The van der Waals surface area contributed by atoms with E-state index in [0.29, 0.717) is 0 Å². The number of aliphatic carboxylic acids is 1. The van der Waals surface area contributed by atoms with Crippen LogP contribution >= 0.6 is 0 Å². The molecule has 2 N–H and O–H groups in total. The number of fused-ring (bicyclic) bond motifs is 2. The highest BCUT2D eigenvalue weighted by atomic mass is 16.6. The second-order valence-corrected chi connectivity index (χ2v) is 9.40. The number of nitrogens with zero attached hydrogens (tertiary/aromatic N) is 1. The lowest BCUT2D eigenvalue weighted by Gasteiger charge is -2.35. The van der Waals surface area contributed by atoms with E-state index in [1.807, 2.05) is 97.1 Å². The fraction of sp³-hybridized carbons (Fsp3) is 0.194. The van der Waals surface area contributed by atoms with Gasteiger partial charge in [-0.25, -0.2) is 9.59 Å². The molecule has 4 aromatic rings. The number of carboxylic acids is 1. The van der Waals surface area contributed by atoms with Gasteiger partial charge in [-0.1, -0.05) is 97.1 Å². The van der Waals surface area contributed by atoms with Crippen LogP contribution in [0.1, 0.15) is 22.3 Å². The number of hydrogen-bond donors (Lipinski definition) is 2. The summed E-state index contributed by atoms with van der Waals surface area (Å²) in [6.45, 7) is 0.272. The van der Waals surface area contributed by atoms with Gasteiger partial charge >= 0.3 is 12.1 Å². The normalized spacial score (nSPS) is 15.4. The Balaban J connectivity index is 1.36. The maximum absolute atomic E-state index is 13.5. The number of hydrogen-bond acceptors (Lipinski definition) is 4. The van der Waals surface area contributed by atoms with Gasteiger partial charge in [-0.05, 0) is 33.0 Å². The average Bonchev–Trinajstić information content (AvgIpc) is 2.95. The Morgan fingerprint density at radius 3 is 2.34 bits per heavy atom. The van der Waals surface area contributed by atoms with Crippen LogP contribution in [0.15, 0.2) is 97.1 Å². The van der Waals surface area contributed by atoms with Crippen LogP contribution in [0, 0.1) is 0 Å². The van der Waals surface area contributed by atoms with Crippen molar-refractivity contribution in [3.05, 3.63) is 119 Å². The predicted molar refractivity (Wildman–Crippen MR) is 143 cm³/mol. The Bertz CT molecular complexity index is 1460. The highest BCUT2D eigenvalue weighted by Gasteiger charge is 2.37. The maximum atomic E-state index is 13.5. The van der Waals surface area contributed by atoms with E-state index in [4.69, 9.17) is 4.74 Å². The molecule has 192 valence electrons. The Labute approximate surface area is 220 Å². The SMILES string of the molecule is O=C(O)[C@@H](Cc1cccc2ccccc12)NC(=O)[C@@H]1Cc2ccccc2CN1C(=O)OCc1ccccc1. The van der Waals surface area contributed by atoms with E-state index >= 15 is 0 Å². The molecule has 5 rings (SSSR count). The topological polar surface area (TPSA) is 95.9 Å². The van der Waals surface area contributed by atoms with Crippen LogP contribution in [0.2, 0.25) is 0 Å². The molecule has 4 aromatic carbocycles. The zero-order valence-electron chi connectivity index (χ0n) is 20.7. The number of rotatable bonds is 7. The number of nitrogens with one attached hydrogen (secondary N) is 1. The van der Waals surface area contributed by atoms with Gasteiger partial charge in [-0.3, -0.25) is 9.69 Å². The minimum Gasteiger partial charge on any atom is -0.480 e. The van der Waals surface area contributed by atoms with Crippen LogP contribution in [-0.2, 0) is 40.3 Å². The van der Waals surface area contributed by atoms with Crippen molar-refractivity contribution in [1.29, 1.82) is 0 Å². The third-order valence-electron chi connectivity index (χ3n) is 6.91. The highest BCUT2D eigenvalue weighted by Crippen LogP contribution is 2.25. The summed E-state index contributed by atoms with van der Waals surface area (Å²) in [5, 5.41) is 14.6. The van der Waals surface area contributed by atoms with Gasteiger partial charge in [0.2, 0.25) is 5.91 Å². The third kappa shape index (κ3) is 5.52. The van der Waals surface area contributed by atoms with Gasteiger partial charge in [-0.2, -0.15) is 0 Å². The standard InChI is InChI=1S/C31H28N2O5/c34-29(32-27(30(35)36)17-24-15-8-14-22-11-6-7-16-26(22)24)28-18-23-12-4-5-13-25(23)19-33(28)31(37)38-20-21-9-2-1-3-10-21/h1-16,27-28H,17-20H2,(H,32,34)(H,35,36)/t27-,28+/m1/s1. The van der Waals surface area contributed by atoms with E-state index in [1.165, 1.54) is 4.90 Å². The zero-order valence-corrected chi connectivity index (χ0v) is 20.7. The maximum Gasteiger partial charge on any atom is 0.411 e. The minimum absolute atomic E-state index is 0.0744. The van der Waals surface area contributed by atoms with Gasteiger partial charge in [-0.15, -0.1) is 0 Å². The molecule has 0 unspecified atom stereocenters. The molecular weight excluding hydrogens is 480 g/mol. The molecule has 1 aliphatic heterocycles. The number of carbonyl (C=O) groups excluding carboxylic acids is 2. The molecular formula is C31H28N2O5. The summed E-state index contributed by atoms with van der Waals surface area (Å²) in [5.41, 5.74) is 3.53. The number of benzene rings is 4. The van der Waals surface area contributed by atoms with Crippen molar-refractivity contribution in [3.8, 4) is 0 Å². The van der Waals surface area contributed by atoms with Gasteiger partial charge in [0.05, 0.1) is 6.54 Å². The van der Waals surface area contributed by atoms with Crippen LogP contribution < -0.4 is 5.32 Å². The van der Waals surface area contributed by atoms with Crippen LogP contribution in [0.5, 0.6) is 0 Å². The predicted octanol–water partition coefficient (Wildman–Crippen LogP) is 4.72. The smallest absolute Gasteiger partial charge is 0.411 e. The van der Waals surface area contributed by atoms with E-state index in [-0.39, 0.29) is 26.0 Å². The molecule has 38 heavy (non-hydrogen) atoms. The molecule has 0 saturated carbocycles. The summed E-state index contributed by atoms with van der Waals surface area (Å²) >= 11 is 0. The van der Waals surface area contributed by atoms with E-state index in [1.54, 1.807) is 0 Å². The molecule has 2 atom stereocenters. The molecule has 0 aromatic heterocycles. The fourth-order valence-electron chi connectivity index (χ4n) is 4.91. The van der Waals surface area contributed by atoms with Gasteiger partial charge in [0, 0.05) is 12.8 Å². The number of amides is 2. The zero-order chi connectivity index (χ0) is 26.5. The molecule has 2 amide bonds. The monoisotopic (exact) mass is 508 g/mol. The first-order chi connectivity index (χ1) is 18.5. The van der Waals surface area contributed by atoms with Crippen molar-refractivity contribution in [2.75, 3.05) is 0 Å². The molecule has 0 bridgehead atoms. The lowest BCUT2D eigenvalue weighted by molar-refractivity contribution is -0.142. The summed E-state index contributed by atoms with van der Waals surface area (Å²) in [6, 6.07) is 28.3. The Morgan fingerprint density at radius 1 is 0.868 bits per heavy atom. The van der Waals surface area contributed by atoms with Crippen LogP contribution in [0.3, 0.4) is 0 Å². The van der Waals surface area contributed by atoms with E-state index in [9.17, 15) is 19.5 Å². The van der Waals surface area contributed by atoms with E-state index in [2.05, 4.69) is 5.32 Å². The second kappa shape index (κ2) is 11.2. The quantitative estimate of drug-likeness (QED) is 0.377. The molecule has 1 aliphatic rings.